The fourth-order valence-corrected chi connectivity index (χ4v) is 10.9. The summed E-state index contributed by atoms with van der Waals surface area (Å²) < 4.78 is 0. The first kappa shape index (κ1) is 32.6. The van der Waals surface area contributed by atoms with Crippen LogP contribution in [-0.2, 0) is 17.9 Å². The standard InChI is InChI=1S/C38H56N4O3/c1-26(10-13-36(45)41-20-21-42(24-27-8-4-6-18-39-27)25-28-9-5-7-19-40-28)31-11-12-32-30-23-35(44)34-22-29(43)14-16-38(34,3)33(30)15-17-37(31,32)2/h4-9,18-19,26,29-35,43-44H,10-17,20-25H2,1-3H3,(H,41,45)/t26-,29-,30+,31-,32+,33+,34+,35+,37-,38-/m1/s1. The van der Waals surface area contributed by atoms with Crippen LogP contribution >= 0.6 is 0 Å². The van der Waals surface area contributed by atoms with Crippen LogP contribution in [0.15, 0.2) is 48.8 Å². The van der Waals surface area contributed by atoms with Crippen LogP contribution in [0.5, 0.6) is 0 Å². The van der Waals surface area contributed by atoms with Crippen molar-refractivity contribution in [2.45, 2.75) is 110 Å². The van der Waals surface area contributed by atoms with Crippen LogP contribution in [0.3, 0.4) is 0 Å². The van der Waals surface area contributed by atoms with E-state index in [1.54, 1.807) is 0 Å². The molecular weight excluding hydrogens is 560 g/mol. The second-order valence-electron chi connectivity index (χ2n) is 15.7. The quantitative estimate of drug-likeness (QED) is 0.286. The van der Waals surface area contributed by atoms with Gasteiger partial charge in [-0.3, -0.25) is 19.7 Å². The largest absolute Gasteiger partial charge is 0.393 e. The fraction of sp³-hybridized carbons (Fsp3) is 0.711. The Morgan fingerprint density at radius 2 is 1.58 bits per heavy atom. The van der Waals surface area contributed by atoms with Gasteiger partial charge in [0.25, 0.3) is 0 Å². The maximum absolute atomic E-state index is 13.0. The average molecular weight is 617 g/mol. The van der Waals surface area contributed by atoms with Crippen LogP contribution in [0.4, 0.5) is 0 Å². The summed E-state index contributed by atoms with van der Waals surface area (Å²) in [5.74, 6) is 3.48. The van der Waals surface area contributed by atoms with Gasteiger partial charge in [-0.1, -0.05) is 32.9 Å². The molecule has 4 saturated carbocycles. The summed E-state index contributed by atoms with van der Waals surface area (Å²) in [7, 11) is 0. The van der Waals surface area contributed by atoms with Gasteiger partial charge < -0.3 is 15.5 Å². The minimum absolute atomic E-state index is 0.148. The van der Waals surface area contributed by atoms with Crippen molar-refractivity contribution in [3.05, 3.63) is 60.2 Å². The molecule has 4 fully saturated rings. The number of rotatable bonds is 11. The summed E-state index contributed by atoms with van der Waals surface area (Å²) in [6.07, 6.45) is 13.3. The van der Waals surface area contributed by atoms with Gasteiger partial charge in [0.1, 0.15) is 0 Å². The zero-order valence-corrected chi connectivity index (χ0v) is 27.8. The highest BCUT2D eigenvalue weighted by atomic mass is 16.3. The molecule has 0 bridgehead atoms. The highest BCUT2D eigenvalue weighted by Crippen LogP contribution is 2.68. The van der Waals surface area contributed by atoms with Crippen molar-refractivity contribution in [3.8, 4) is 0 Å². The molecule has 0 spiro atoms. The third-order valence-corrected chi connectivity index (χ3v) is 13.2. The molecule has 45 heavy (non-hydrogen) atoms. The molecule has 0 aromatic carbocycles. The minimum Gasteiger partial charge on any atom is -0.393 e. The van der Waals surface area contributed by atoms with Crippen molar-refractivity contribution in [2.24, 2.45) is 46.3 Å². The first-order valence-corrected chi connectivity index (χ1v) is 17.8. The number of nitrogens with one attached hydrogen (secondary N) is 1. The van der Waals surface area contributed by atoms with Gasteiger partial charge in [0.2, 0.25) is 5.91 Å². The Hall–Kier alpha value is -2.35. The van der Waals surface area contributed by atoms with E-state index >= 15 is 0 Å². The number of fused-ring (bicyclic) bond motifs is 5. The van der Waals surface area contributed by atoms with E-state index in [4.69, 9.17) is 0 Å². The molecule has 4 aliphatic carbocycles. The number of aromatic nitrogens is 2. The summed E-state index contributed by atoms with van der Waals surface area (Å²) in [4.78, 5) is 24.3. The molecule has 2 aromatic heterocycles. The molecule has 3 N–H and O–H groups in total. The van der Waals surface area contributed by atoms with Gasteiger partial charge in [-0.25, -0.2) is 0 Å². The summed E-state index contributed by atoms with van der Waals surface area (Å²) in [6, 6.07) is 12.0. The highest BCUT2D eigenvalue weighted by Gasteiger charge is 2.62. The van der Waals surface area contributed by atoms with Crippen molar-refractivity contribution < 1.29 is 15.0 Å². The van der Waals surface area contributed by atoms with E-state index < -0.39 is 0 Å². The third-order valence-electron chi connectivity index (χ3n) is 13.2. The zero-order valence-electron chi connectivity index (χ0n) is 27.8. The third kappa shape index (κ3) is 6.87. The van der Waals surface area contributed by atoms with E-state index in [-0.39, 0.29) is 29.4 Å². The Bertz CT molecular complexity index is 1220. The van der Waals surface area contributed by atoms with Crippen molar-refractivity contribution in [1.29, 1.82) is 0 Å². The Morgan fingerprint density at radius 1 is 0.911 bits per heavy atom. The molecule has 0 aliphatic heterocycles. The Kier molecular flexibility index (Phi) is 9.98. The lowest BCUT2D eigenvalue weighted by Crippen LogP contribution is -2.58. The topological polar surface area (TPSA) is 98.6 Å². The van der Waals surface area contributed by atoms with Gasteiger partial charge in [-0.15, -0.1) is 0 Å². The predicted octanol–water partition coefficient (Wildman–Crippen LogP) is 6.00. The monoisotopic (exact) mass is 616 g/mol. The van der Waals surface area contributed by atoms with Gasteiger partial charge in [0.05, 0.1) is 23.6 Å². The molecular formula is C38H56N4O3. The molecule has 0 unspecified atom stereocenters. The number of aliphatic hydroxyl groups excluding tert-OH is 2. The molecule has 7 nitrogen and oxygen atoms in total. The number of nitrogens with zero attached hydrogens (tertiary/aromatic N) is 3. The lowest BCUT2D eigenvalue weighted by molar-refractivity contribution is -0.172. The van der Waals surface area contributed by atoms with E-state index in [0.717, 1.165) is 50.0 Å². The van der Waals surface area contributed by atoms with E-state index in [0.29, 0.717) is 61.1 Å². The van der Waals surface area contributed by atoms with E-state index in [1.165, 1.54) is 25.7 Å². The van der Waals surface area contributed by atoms with Crippen LogP contribution < -0.4 is 5.32 Å². The van der Waals surface area contributed by atoms with Gasteiger partial charge >= 0.3 is 0 Å². The maximum Gasteiger partial charge on any atom is 0.220 e. The lowest BCUT2D eigenvalue weighted by Gasteiger charge is -2.62. The van der Waals surface area contributed by atoms with Crippen LogP contribution in [0.1, 0.15) is 96.4 Å². The second kappa shape index (κ2) is 13.8. The number of hydrogen-bond acceptors (Lipinski definition) is 6. The predicted molar refractivity (Wildman–Crippen MR) is 177 cm³/mol. The number of carbonyl (C=O) groups is 1. The number of amides is 1. The smallest absolute Gasteiger partial charge is 0.220 e. The lowest BCUT2D eigenvalue weighted by atomic mass is 9.44. The van der Waals surface area contributed by atoms with Crippen molar-refractivity contribution >= 4 is 5.91 Å². The number of aliphatic hydroxyl groups is 2. The average Bonchev–Trinajstić information content (AvgIpc) is 3.39. The molecule has 246 valence electrons. The van der Waals surface area contributed by atoms with Crippen LogP contribution in [0, 0.1) is 46.3 Å². The SMILES string of the molecule is C[C@H](CCC(=O)NCCN(Cc1ccccn1)Cc1ccccn1)[C@H]1CC[C@H]2[C@@H]3C[C@H](O)[C@@H]4C[C@H](O)CC[C@]4(C)[C@H]3CC[C@]12C. The summed E-state index contributed by atoms with van der Waals surface area (Å²) in [6.45, 7) is 10.2. The van der Waals surface area contributed by atoms with Crippen LogP contribution in [0.2, 0.25) is 0 Å². The molecule has 4 aliphatic rings. The van der Waals surface area contributed by atoms with E-state index in [2.05, 4.69) is 41.0 Å². The van der Waals surface area contributed by atoms with Gasteiger partial charge in [0, 0.05) is 45.0 Å². The van der Waals surface area contributed by atoms with Gasteiger partial charge in [-0.2, -0.15) is 0 Å². The van der Waals surface area contributed by atoms with E-state index in [9.17, 15) is 15.0 Å². The number of carbonyl (C=O) groups excluding carboxylic acids is 1. The fourth-order valence-electron chi connectivity index (χ4n) is 10.9. The Labute approximate surface area is 270 Å². The van der Waals surface area contributed by atoms with Crippen molar-refractivity contribution in [3.63, 3.8) is 0 Å². The summed E-state index contributed by atoms with van der Waals surface area (Å²) >= 11 is 0. The number of hydrogen-bond donors (Lipinski definition) is 3. The molecule has 0 radical (unpaired) electrons. The Balaban J connectivity index is 1.00. The summed E-state index contributed by atoms with van der Waals surface area (Å²) in [5.41, 5.74) is 2.49. The molecule has 2 heterocycles. The zero-order chi connectivity index (χ0) is 31.6. The minimum atomic E-state index is -0.280. The van der Waals surface area contributed by atoms with Crippen molar-refractivity contribution in [2.75, 3.05) is 13.1 Å². The van der Waals surface area contributed by atoms with Crippen molar-refractivity contribution in [1.82, 2.24) is 20.2 Å². The Morgan fingerprint density at radius 3 is 2.24 bits per heavy atom. The normalized spacial score (nSPS) is 36.5. The van der Waals surface area contributed by atoms with E-state index in [1.807, 2.05) is 48.8 Å². The molecule has 2 aromatic rings. The highest BCUT2D eigenvalue weighted by molar-refractivity contribution is 5.75. The first-order valence-electron chi connectivity index (χ1n) is 17.8. The first-order chi connectivity index (χ1) is 21.7. The second-order valence-corrected chi connectivity index (χ2v) is 15.7. The maximum atomic E-state index is 13.0. The molecule has 6 rings (SSSR count). The van der Waals surface area contributed by atoms with Gasteiger partial charge in [-0.05, 0) is 128 Å². The molecule has 7 heteroatoms. The molecule has 1 amide bonds. The van der Waals surface area contributed by atoms with Crippen LogP contribution in [-0.4, -0.2) is 56.3 Å². The van der Waals surface area contributed by atoms with Crippen LogP contribution in [0.25, 0.3) is 0 Å². The summed E-state index contributed by atoms with van der Waals surface area (Å²) in [5, 5.41) is 24.9. The molecule has 0 saturated heterocycles. The van der Waals surface area contributed by atoms with Gasteiger partial charge in [0.15, 0.2) is 0 Å². The molecule has 10 atom stereocenters. The number of pyridine rings is 2.